The van der Waals surface area contributed by atoms with Gasteiger partial charge in [0.15, 0.2) is 0 Å². The van der Waals surface area contributed by atoms with Crippen molar-refractivity contribution in [3.63, 3.8) is 0 Å². The molecule has 3 aliphatic rings. The number of hydrogen-bond acceptors (Lipinski definition) is 3. The summed E-state index contributed by atoms with van der Waals surface area (Å²) in [5, 5.41) is 2.65. The highest BCUT2D eigenvalue weighted by Gasteiger charge is 2.60. The van der Waals surface area contributed by atoms with E-state index in [2.05, 4.69) is 5.32 Å². The van der Waals surface area contributed by atoms with E-state index in [-0.39, 0.29) is 48.3 Å². The van der Waals surface area contributed by atoms with Crippen LogP contribution >= 0.6 is 0 Å². The lowest BCUT2D eigenvalue weighted by Crippen LogP contribution is -2.35. The summed E-state index contributed by atoms with van der Waals surface area (Å²) in [6, 6.07) is 5.48. The van der Waals surface area contributed by atoms with E-state index in [0.717, 1.165) is 19.3 Å². The van der Waals surface area contributed by atoms with Crippen LogP contribution in [0.25, 0.3) is 0 Å². The lowest BCUT2D eigenvalue weighted by molar-refractivity contribution is -0.140. The van der Waals surface area contributed by atoms with Gasteiger partial charge in [-0.1, -0.05) is 0 Å². The number of carbonyl (C=O) groups is 3. The normalized spacial score (nSPS) is 30.8. The maximum atomic E-state index is 12.8. The molecule has 2 saturated carbocycles. The van der Waals surface area contributed by atoms with Crippen LogP contribution in [-0.2, 0) is 14.4 Å². The van der Waals surface area contributed by atoms with Gasteiger partial charge >= 0.3 is 0 Å². The fraction of sp³-hybridized carbons (Fsp3) is 0.500. The second-order valence-corrected chi connectivity index (χ2v) is 7.02. The smallest absolute Gasteiger partial charge is 0.233 e. The molecule has 3 amide bonds. The molecule has 4 atom stereocenters. The predicted molar refractivity (Wildman–Crippen MR) is 84.2 cm³/mol. The van der Waals surface area contributed by atoms with Crippen LogP contribution < -0.4 is 5.32 Å². The summed E-state index contributed by atoms with van der Waals surface area (Å²) in [5.41, 5.74) is 0.496. The van der Waals surface area contributed by atoms with E-state index in [1.807, 2.05) is 0 Å². The molecule has 3 fully saturated rings. The highest BCUT2D eigenvalue weighted by atomic mass is 19.1. The summed E-state index contributed by atoms with van der Waals surface area (Å²) < 4.78 is 12.8. The Balaban J connectivity index is 1.36. The summed E-state index contributed by atoms with van der Waals surface area (Å²) in [6.07, 6.45) is 3.16. The lowest BCUT2D eigenvalue weighted by Gasteiger charge is -2.19. The van der Waals surface area contributed by atoms with Crippen LogP contribution in [0.5, 0.6) is 0 Å². The molecule has 0 spiro atoms. The summed E-state index contributed by atoms with van der Waals surface area (Å²) in [7, 11) is 0. The van der Waals surface area contributed by atoms with E-state index >= 15 is 0 Å². The van der Waals surface area contributed by atoms with Gasteiger partial charge in [0.05, 0.1) is 11.8 Å². The molecule has 1 aliphatic heterocycles. The topological polar surface area (TPSA) is 66.5 Å². The van der Waals surface area contributed by atoms with Gasteiger partial charge < -0.3 is 5.32 Å². The number of anilines is 1. The van der Waals surface area contributed by atoms with Crippen molar-refractivity contribution < 1.29 is 18.8 Å². The molecule has 1 aromatic rings. The molecule has 1 heterocycles. The molecule has 0 unspecified atom stereocenters. The largest absolute Gasteiger partial charge is 0.326 e. The Labute approximate surface area is 139 Å². The van der Waals surface area contributed by atoms with Crippen molar-refractivity contribution in [1.29, 1.82) is 0 Å². The average molecular weight is 330 g/mol. The van der Waals surface area contributed by atoms with Crippen LogP contribution in [0.3, 0.4) is 0 Å². The summed E-state index contributed by atoms with van der Waals surface area (Å²) in [6.45, 7) is 0.122. The molecule has 0 aromatic heterocycles. The van der Waals surface area contributed by atoms with Crippen molar-refractivity contribution >= 4 is 23.4 Å². The fourth-order valence-electron chi connectivity index (χ4n) is 4.66. The molecule has 2 bridgehead atoms. The first kappa shape index (κ1) is 15.3. The van der Waals surface area contributed by atoms with Crippen LogP contribution in [0.4, 0.5) is 10.1 Å². The number of hydrogen-bond donors (Lipinski definition) is 1. The minimum atomic E-state index is -0.373. The quantitative estimate of drug-likeness (QED) is 0.861. The zero-order chi connectivity index (χ0) is 16.8. The van der Waals surface area contributed by atoms with Crippen LogP contribution in [0.2, 0.25) is 0 Å². The van der Waals surface area contributed by atoms with Gasteiger partial charge in [-0.2, -0.15) is 0 Å². The third-order valence-corrected chi connectivity index (χ3v) is 5.71. The molecular weight excluding hydrogens is 311 g/mol. The van der Waals surface area contributed by atoms with Crippen LogP contribution in [0.1, 0.15) is 25.7 Å². The fourth-order valence-corrected chi connectivity index (χ4v) is 4.66. The minimum Gasteiger partial charge on any atom is -0.326 e. The summed E-state index contributed by atoms with van der Waals surface area (Å²) in [5.74, 6) is -0.417. The highest BCUT2D eigenvalue weighted by molar-refractivity contribution is 6.06. The molecule has 0 radical (unpaired) electrons. The number of rotatable bonds is 4. The number of imide groups is 1. The van der Waals surface area contributed by atoms with Crippen molar-refractivity contribution in [2.75, 3.05) is 11.9 Å². The van der Waals surface area contributed by atoms with E-state index in [9.17, 15) is 18.8 Å². The molecule has 24 heavy (non-hydrogen) atoms. The highest BCUT2D eigenvalue weighted by Crippen LogP contribution is 2.56. The second kappa shape index (κ2) is 5.69. The number of amides is 3. The summed E-state index contributed by atoms with van der Waals surface area (Å²) >= 11 is 0. The van der Waals surface area contributed by atoms with Gasteiger partial charge in [0.2, 0.25) is 17.7 Å². The average Bonchev–Trinajstić information content (AvgIpc) is 3.23. The zero-order valence-corrected chi connectivity index (χ0v) is 13.2. The Bertz CT molecular complexity index is 675. The lowest BCUT2D eigenvalue weighted by atomic mass is 9.81. The molecule has 2 aliphatic carbocycles. The van der Waals surface area contributed by atoms with Crippen LogP contribution in [-0.4, -0.2) is 29.2 Å². The number of carbonyl (C=O) groups excluding carboxylic acids is 3. The van der Waals surface area contributed by atoms with E-state index in [1.54, 1.807) is 0 Å². The molecule has 1 saturated heterocycles. The van der Waals surface area contributed by atoms with E-state index in [4.69, 9.17) is 0 Å². The van der Waals surface area contributed by atoms with Gasteiger partial charge in [-0.05, 0) is 55.4 Å². The first-order chi connectivity index (χ1) is 11.5. The second-order valence-electron chi connectivity index (χ2n) is 7.02. The predicted octanol–water partition coefficient (Wildman–Crippen LogP) is 2.19. The Morgan fingerprint density at radius 1 is 1.08 bits per heavy atom. The van der Waals surface area contributed by atoms with Crippen molar-refractivity contribution in [3.8, 4) is 0 Å². The van der Waals surface area contributed by atoms with E-state index in [0.29, 0.717) is 17.5 Å². The third-order valence-electron chi connectivity index (χ3n) is 5.71. The maximum absolute atomic E-state index is 12.8. The monoisotopic (exact) mass is 330 g/mol. The number of nitrogens with zero attached hydrogens (tertiary/aromatic N) is 1. The minimum absolute atomic E-state index is 0.0592. The van der Waals surface area contributed by atoms with Gasteiger partial charge in [0.1, 0.15) is 5.82 Å². The van der Waals surface area contributed by atoms with Crippen LogP contribution in [0.15, 0.2) is 24.3 Å². The molecular formula is C18H19FN2O3. The van der Waals surface area contributed by atoms with Crippen LogP contribution in [0, 0.1) is 29.5 Å². The van der Waals surface area contributed by atoms with E-state index < -0.39 is 0 Å². The number of nitrogens with one attached hydrogen (secondary N) is 1. The number of likely N-dealkylation sites (tertiary alicyclic amines) is 1. The first-order valence-corrected chi connectivity index (χ1v) is 8.45. The van der Waals surface area contributed by atoms with Crippen molar-refractivity contribution in [1.82, 2.24) is 4.90 Å². The van der Waals surface area contributed by atoms with Crippen molar-refractivity contribution in [3.05, 3.63) is 30.1 Å². The van der Waals surface area contributed by atoms with Gasteiger partial charge in [0.25, 0.3) is 0 Å². The Kier molecular flexibility index (Phi) is 3.62. The molecule has 1 aromatic carbocycles. The standard InChI is InChI=1S/C18H19FN2O3/c19-12-3-5-13(6-4-12)20-14(22)7-8-21-17(23)15-10-1-2-11(9-10)16(15)18(21)24/h3-6,10-11,15-16H,1-2,7-9H2,(H,20,22)/t10-,11+,15+,16-. The zero-order valence-electron chi connectivity index (χ0n) is 13.2. The molecule has 6 heteroatoms. The van der Waals surface area contributed by atoms with Crippen molar-refractivity contribution in [2.45, 2.75) is 25.7 Å². The van der Waals surface area contributed by atoms with Gasteiger partial charge in [-0.15, -0.1) is 0 Å². The molecule has 4 rings (SSSR count). The SMILES string of the molecule is O=C(CCN1C(=O)[C@@H]2[C@H]3CC[C@H](C3)[C@@H]2C1=O)Nc1ccc(F)cc1. The van der Waals surface area contributed by atoms with Gasteiger partial charge in [-0.25, -0.2) is 4.39 Å². The number of benzene rings is 1. The van der Waals surface area contributed by atoms with Gasteiger partial charge in [0, 0.05) is 18.7 Å². The Morgan fingerprint density at radius 3 is 2.25 bits per heavy atom. The Morgan fingerprint density at radius 2 is 1.67 bits per heavy atom. The van der Waals surface area contributed by atoms with Crippen molar-refractivity contribution in [2.24, 2.45) is 23.7 Å². The molecule has 1 N–H and O–H groups in total. The Hall–Kier alpha value is -2.24. The number of halogens is 1. The van der Waals surface area contributed by atoms with Gasteiger partial charge in [-0.3, -0.25) is 19.3 Å². The maximum Gasteiger partial charge on any atom is 0.233 e. The molecule has 5 nitrogen and oxygen atoms in total. The molecule has 126 valence electrons. The first-order valence-electron chi connectivity index (χ1n) is 8.45. The number of fused-ring (bicyclic) bond motifs is 5. The summed E-state index contributed by atoms with van der Waals surface area (Å²) in [4.78, 5) is 38.3. The third kappa shape index (κ3) is 2.41. The van der Waals surface area contributed by atoms with E-state index in [1.165, 1.54) is 29.2 Å².